The Balaban J connectivity index is 1.67. The van der Waals surface area contributed by atoms with E-state index in [0.29, 0.717) is 23.1 Å². The van der Waals surface area contributed by atoms with Gasteiger partial charge in [0.25, 0.3) is 0 Å². The van der Waals surface area contributed by atoms with E-state index in [4.69, 9.17) is 0 Å². The molecule has 2 atom stereocenters. The second kappa shape index (κ2) is 5.97. The van der Waals surface area contributed by atoms with Gasteiger partial charge in [0.2, 0.25) is 0 Å². The quantitative estimate of drug-likeness (QED) is 0.881. The number of anilines is 1. The Hall–Kier alpha value is -1.73. The Morgan fingerprint density at radius 1 is 1.25 bits per heavy atom. The molecule has 2 aliphatic rings. The first-order valence-electron chi connectivity index (χ1n) is 8.46. The van der Waals surface area contributed by atoms with Crippen molar-refractivity contribution in [1.82, 2.24) is 9.97 Å². The molecule has 7 heteroatoms. The minimum atomic E-state index is -3.17. The predicted octanol–water partition coefficient (Wildman–Crippen LogP) is 1.92. The van der Waals surface area contributed by atoms with Gasteiger partial charge in [0.05, 0.1) is 22.3 Å². The van der Waals surface area contributed by atoms with Gasteiger partial charge in [-0.15, -0.1) is 0 Å². The summed E-state index contributed by atoms with van der Waals surface area (Å²) in [6.07, 6.45) is 5.66. The fraction of sp³-hybridized carbons (Fsp3) is 0.529. The van der Waals surface area contributed by atoms with Crippen molar-refractivity contribution in [2.45, 2.75) is 43.1 Å². The maximum Gasteiger partial charge on any atom is 0.179 e. The molecule has 2 aromatic rings. The van der Waals surface area contributed by atoms with Crippen LogP contribution in [0.5, 0.6) is 0 Å². The molecule has 1 aliphatic heterocycles. The number of benzene rings is 1. The first-order valence-corrected chi connectivity index (χ1v) is 10.1. The molecule has 0 bridgehead atoms. The van der Waals surface area contributed by atoms with E-state index < -0.39 is 9.84 Å². The van der Waals surface area contributed by atoms with E-state index in [1.54, 1.807) is 12.1 Å². The van der Waals surface area contributed by atoms with Crippen molar-refractivity contribution < 1.29 is 13.5 Å². The van der Waals surface area contributed by atoms with Gasteiger partial charge >= 0.3 is 0 Å². The SMILES string of the molecule is O=S1(=O)CCc2c1ccc1ncnc(NCC3CCCC(O)C3)c21. The van der Waals surface area contributed by atoms with Crippen LogP contribution >= 0.6 is 0 Å². The van der Waals surface area contributed by atoms with Crippen molar-refractivity contribution in [2.24, 2.45) is 5.92 Å². The highest BCUT2D eigenvalue weighted by Crippen LogP contribution is 2.35. The van der Waals surface area contributed by atoms with Crippen LogP contribution in [0.1, 0.15) is 31.2 Å². The molecule has 2 unspecified atom stereocenters. The number of nitrogens with zero attached hydrogens (tertiary/aromatic N) is 2. The predicted molar refractivity (Wildman–Crippen MR) is 91.7 cm³/mol. The Labute approximate surface area is 141 Å². The van der Waals surface area contributed by atoms with E-state index in [0.717, 1.165) is 48.7 Å². The zero-order valence-corrected chi connectivity index (χ0v) is 14.2. The van der Waals surface area contributed by atoms with Gasteiger partial charge in [-0.25, -0.2) is 18.4 Å². The molecule has 0 saturated heterocycles. The topological polar surface area (TPSA) is 92.2 Å². The van der Waals surface area contributed by atoms with E-state index in [1.165, 1.54) is 6.33 Å². The number of aromatic nitrogens is 2. The van der Waals surface area contributed by atoms with Gasteiger partial charge in [-0.2, -0.15) is 0 Å². The largest absolute Gasteiger partial charge is 0.393 e. The van der Waals surface area contributed by atoms with E-state index >= 15 is 0 Å². The van der Waals surface area contributed by atoms with Gasteiger partial charge < -0.3 is 10.4 Å². The highest BCUT2D eigenvalue weighted by Gasteiger charge is 2.29. The molecule has 0 radical (unpaired) electrons. The standard InChI is InChI=1S/C17H21N3O3S/c21-12-3-1-2-11(8-12)9-18-17-16-13-6-7-24(22,23)15(13)5-4-14(16)19-10-20-17/h4-5,10-12,21H,1-3,6-9H2,(H,18,19,20). The molecule has 1 fully saturated rings. The summed E-state index contributed by atoms with van der Waals surface area (Å²) >= 11 is 0. The van der Waals surface area contributed by atoms with Gasteiger partial charge in [-0.3, -0.25) is 0 Å². The number of aliphatic hydroxyl groups is 1. The van der Waals surface area contributed by atoms with Crippen molar-refractivity contribution in [2.75, 3.05) is 17.6 Å². The molecule has 6 nitrogen and oxygen atoms in total. The lowest BCUT2D eigenvalue weighted by molar-refractivity contribution is 0.104. The van der Waals surface area contributed by atoms with Crippen LogP contribution in [-0.4, -0.2) is 41.9 Å². The molecule has 0 amide bonds. The molecule has 128 valence electrons. The van der Waals surface area contributed by atoms with Crippen LogP contribution in [0.15, 0.2) is 23.4 Å². The normalized spacial score (nSPS) is 25.5. The summed E-state index contributed by atoms with van der Waals surface area (Å²) in [7, 11) is -3.17. The Morgan fingerprint density at radius 2 is 2.12 bits per heavy atom. The molecule has 1 aromatic heterocycles. The lowest BCUT2D eigenvalue weighted by atomic mass is 9.87. The average Bonchev–Trinajstić information content (AvgIpc) is 2.88. The average molecular weight is 347 g/mol. The summed E-state index contributed by atoms with van der Waals surface area (Å²) in [6, 6.07) is 3.42. The van der Waals surface area contributed by atoms with Gasteiger partial charge in [0.1, 0.15) is 12.1 Å². The van der Waals surface area contributed by atoms with Gasteiger partial charge in [0, 0.05) is 11.9 Å². The van der Waals surface area contributed by atoms with Gasteiger partial charge in [-0.05, 0) is 49.3 Å². The Kier molecular flexibility index (Phi) is 3.92. The maximum atomic E-state index is 12.2. The van der Waals surface area contributed by atoms with Crippen molar-refractivity contribution >= 4 is 26.6 Å². The zero-order valence-electron chi connectivity index (χ0n) is 13.4. The second-order valence-electron chi connectivity index (χ2n) is 6.79. The Morgan fingerprint density at radius 3 is 2.96 bits per heavy atom. The summed E-state index contributed by atoms with van der Waals surface area (Å²) in [5, 5.41) is 14.0. The monoisotopic (exact) mass is 347 g/mol. The number of fused-ring (bicyclic) bond motifs is 3. The first-order chi connectivity index (χ1) is 11.5. The second-order valence-corrected chi connectivity index (χ2v) is 8.87. The van der Waals surface area contributed by atoms with Crippen LogP contribution in [-0.2, 0) is 16.3 Å². The summed E-state index contributed by atoms with van der Waals surface area (Å²) < 4.78 is 24.3. The van der Waals surface area contributed by atoms with Crippen molar-refractivity contribution in [3.05, 3.63) is 24.0 Å². The molecule has 1 aliphatic carbocycles. The third-order valence-corrected chi connectivity index (χ3v) is 6.93. The van der Waals surface area contributed by atoms with E-state index in [2.05, 4.69) is 15.3 Å². The van der Waals surface area contributed by atoms with Crippen molar-refractivity contribution in [1.29, 1.82) is 0 Å². The highest BCUT2D eigenvalue weighted by atomic mass is 32.2. The van der Waals surface area contributed by atoms with Crippen molar-refractivity contribution in [3.8, 4) is 0 Å². The number of hydrogen-bond acceptors (Lipinski definition) is 6. The molecule has 1 saturated carbocycles. The zero-order chi connectivity index (χ0) is 16.7. The fourth-order valence-electron chi connectivity index (χ4n) is 3.91. The third-order valence-electron chi connectivity index (χ3n) is 5.14. The summed E-state index contributed by atoms with van der Waals surface area (Å²) in [4.78, 5) is 9.06. The summed E-state index contributed by atoms with van der Waals surface area (Å²) in [6.45, 7) is 0.736. The Bertz CT molecular complexity index is 882. The van der Waals surface area contributed by atoms with Crippen molar-refractivity contribution in [3.63, 3.8) is 0 Å². The molecular weight excluding hydrogens is 326 g/mol. The molecule has 1 aromatic carbocycles. The number of aliphatic hydroxyl groups excluding tert-OH is 1. The first kappa shape index (κ1) is 15.8. The fourth-order valence-corrected chi connectivity index (χ4v) is 5.46. The van der Waals surface area contributed by atoms with Gasteiger partial charge in [0.15, 0.2) is 9.84 Å². The minimum absolute atomic E-state index is 0.157. The lowest BCUT2D eigenvalue weighted by Crippen LogP contribution is -2.25. The van der Waals surface area contributed by atoms with E-state index in [9.17, 15) is 13.5 Å². The number of aryl methyl sites for hydroxylation is 1. The van der Waals surface area contributed by atoms with E-state index in [1.807, 2.05) is 0 Å². The van der Waals surface area contributed by atoms with Crippen LogP contribution in [0.25, 0.3) is 10.9 Å². The smallest absolute Gasteiger partial charge is 0.179 e. The molecule has 24 heavy (non-hydrogen) atoms. The molecular formula is C17H21N3O3S. The van der Waals surface area contributed by atoms with Gasteiger partial charge in [-0.1, -0.05) is 6.42 Å². The number of nitrogens with one attached hydrogen (secondary N) is 1. The molecule has 2 N–H and O–H groups in total. The van der Waals surface area contributed by atoms with Crippen LogP contribution in [0.2, 0.25) is 0 Å². The summed E-state index contributed by atoms with van der Waals surface area (Å²) in [5.74, 6) is 1.28. The van der Waals surface area contributed by atoms with Crippen LogP contribution in [0.4, 0.5) is 5.82 Å². The molecule has 4 rings (SSSR count). The van der Waals surface area contributed by atoms with Crippen LogP contribution in [0, 0.1) is 5.92 Å². The number of hydrogen-bond donors (Lipinski definition) is 2. The molecule has 2 heterocycles. The number of rotatable bonds is 3. The molecule has 0 spiro atoms. The van der Waals surface area contributed by atoms with Crippen LogP contribution in [0.3, 0.4) is 0 Å². The summed E-state index contributed by atoms with van der Waals surface area (Å²) in [5.41, 5.74) is 1.60. The minimum Gasteiger partial charge on any atom is -0.393 e. The third kappa shape index (κ3) is 2.75. The van der Waals surface area contributed by atoms with E-state index in [-0.39, 0.29) is 11.9 Å². The highest BCUT2D eigenvalue weighted by molar-refractivity contribution is 7.91. The van der Waals surface area contributed by atoms with Crippen LogP contribution < -0.4 is 5.32 Å². The maximum absolute atomic E-state index is 12.2. The lowest BCUT2D eigenvalue weighted by Gasteiger charge is -2.26. The number of sulfone groups is 1.